The number of hydrogen-bond acceptors (Lipinski definition) is 3. The lowest BCUT2D eigenvalue weighted by molar-refractivity contribution is 0.0555. The molecule has 2 fully saturated rings. The summed E-state index contributed by atoms with van der Waals surface area (Å²) in [6, 6.07) is 1.35. The van der Waals surface area contributed by atoms with Gasteiger partial charge in [0.2, 0.25) is 0 Å². The molecule has 1 saturated heterocycles. The van der Waals surface area contributed by atoms with E-state index < -0.39 is 0 Å². The SMILES string of the molecule is CC1CN(C)CCN1C(CN)C1CC1. The minimum atomic E-state index is 0.665. The molecule has 2 atom stereocenters. The first-order chi connectivity index (χ1) is 6.72. The molecule has 1 aliphatic heterocycles. The van der Waals surface area contributed by atoms with Gasteiger partial charge in [0.15, 0.2) is 0 Å². The molecule has 2 N–H and O–H groups in total. The largest absolute Gasteiger partial charge is 0.329 e. The van der Waals surface area contributed by atoms with E-state index in [0.29, 0.717) is 12.1 Å². The Kier molecular flexibility index (Phi) is 3.10. The van der Waals surface area contributed by atoms with Gasteiger partial charge in [0.25, 0.3) is 0 Å². The Morgan fingerprint density at radius 1 is 1.36 bits per heavy atom. The van der Waals surface area contributed by atoms with Gasteiger partial charge in [0, 0.05) is 38.3 Å². The Morgan fingerprint density at radius 3 is 2.57 bits per heavy atom. The number of rotatable bonds is 3. The second-order valence-electron chi connectivity index (χ2n) is 4.99. The summed E-state index contributed by atoms with van der Waals surface area (Å²) in [5, 5.41) is 0. The topological polar surface area (TPSA) is 32.5 Å². The zero-order chi connectivity index (χ0) is 10.1. The number of hydrogen-bond donors (Lipinski definition) is 1. The molecule has 0 radical (unpaired) electrons. The molecule has 0 bridgehead atoms. The normalized spacial score (nSPS) is 33.2. The van der Waals surface area contributed by atoms with Crippen molar-refractivity contribution in [2.75, 3.05) is 33.2 Å². The summed E-state index contributed by atoms with van der Waals surface area (Å²) in [6.07, 6.45) is 2.81. The number of nitrogens with zero attached hydrogens (tertiary/aromatic N) is 2. The molecule has 0 amide bonds. The van der Waals surface area contributed by atoms with Crippen LogP contribution in [0.25, 0.3) is 0 Å². The van der Waals surface area contributed by atoms with Crippen molar-refractivity contribution in [3.63, 3.8) is 0 Å². The summed E-state index contributed by atoms with van der Waals surface area (Å²) in [5.74, 6) is 0.908. The van der Waals surface area contributed by atoms with E-state index in [1.807, 2.05) is 0 Å². The molecule has 3 heteroatoms. The molecule has 1 aliphatic carbocycles. The minimum absolute atomic E-state index is 0.665. The van der Waals surface area contributed by atoms with Crippen molar-refractivity contribution in [3.8, 4) is 0 Å². The number of nitrogens with two attached hydrogens (primary N) is 1. The highest BCUT2D eigenvalue weighted by Crippen LogP contribution is 2.36. The maximum absolute atomic E-state index is 5.89. The molecule has 3 nitrogen and oxygen atoms in total. The highest BCUT2D eigenvalue weighted by Gasteiger charge is 2.37. The lowest BCUT2D eigenvalue weighted by Crippen LogP contribution is -2.56. The average Bonchev–Trinajstić information content (AvgIpc) is 2.93. The molecule has 2 unspecified atom stereocenters. The quantitative estimate of drug-likeness (QED) is 0.709. The van der Waals surface area contributed by atoms with Crippen molar-refractivity contribution < 1.29 is 0 Å². The van der Waals surface area contributed by atoms with Crippen LogP contribution < -0.4 is 5.73 Å². The van der Waals surface area contributed by atoms with Crippen LogP contribution in [-0.2, 0) is 0 Å². The van der Waals surface area contributed by atoms with Crippen LogP contribution in [0, 0.1) is 5.92 Å². The first-order valence-corrected chi connectivity index (χ1v) is 5.86. The van der Waals surface area contributed by atoms with Crippen molar-refractivity contribution in [1.82, 2.24) is 9.80 Å². The Balaban J connectivity index is 1.94. The molecule has 0 aromatic heterocycles. The van der Waals surface area contributed by atoms with E-state index in [4.69, 9.17) is 5.73 Å². The highest BCUT2D eigenvalue weighted by molar-refractivity contribution is 4.92. The van der Waals surface area contributed by atoms with Crippen molar-refractivity contribution in [1.29, 1.82) is 0 Å². The fourth-order valence-corrected chi connectivity index (χ4v) is 2.73. The predicted molar refractivity (Wildman–Crippen MR) is 59.2 cm³/mol. The summed E-state index contributed by atoms with van der Waals surface area (Å²) in [5.41, 5.74) is 5.89. The lowest BCUT2D eigenvalue weighted by Gasteiger charge is -2.42. The van der Waals surface area contributed by atoms with Gasteiger partial charge < -0.3 is 10.6 Å². The fraction of sp³-hybridized carbons (Fsp3) is 1.00. The fourth-order valence-electron chi connectivity index (χ4n) is 2.73. The van der Waals surface area contributed by atoms with E-state index >= 15 is 0 Å². The van der Waals surface area contributed by atoms with Crippen molar-refractivity contribution >= 4 is 0 Å². The summed E-state index contributed by atoms with van der Waals surface area (Å²) in [4.78, 5) is 5.05. The zero-order valence-electron chi connectivity index (χ0n) is 9.45. The third-order valence-electron chi connectivity index (χ3n) is 3.72. The summed E-state index contributed by atoms with van der Waals surface area (Å²) in [7, 11) is 2.21. The van der Waals surface area contributed by atoms with Crippen LogP contribution in [0.4, 0.5) is 0 Å². The van der Waals surface area contributed by atoms with Gasteiger partial charge in [-0.15, -0.1) is 0 Å². The van der Waals surface area contributed by atoms with E-state index in [2.05, 4.69) is 23.8 Å². The Bertz CT molecular complexity index is 191. The molecular weight excluding hydrogens is 174 g/mol. The molecule has 2 aliphatic rings. The van der Waals surface area contributed by atoms with Crippen LogP contribution in [0.3, 0.4) is 0 Å². The van der Waals surface area contributed by atoms with E-state index in [1.165, 1.54) is 32.5 Å². The third-order valence-corrected chi connectivity index (χ3v) is 3.72. The Hall–Kier alpha value is -0.120. The average molecular weight is 197 g/mol. The maximum Gasteiger partial charge on any atom is 0.0250 e. The zero-order valence-corrected chi connectivity index (χ0v) is 9.45. The molecule has 82 valence electrons. The molecule has 1 saturated carbocycles. The van der Waals surface area contributed by atoms with Crippen molar-refractivity contribution in [2.45, 2.75) is 31.8 Å². The molecule has 0 spiro atoms. The standard InChI is InChI=1S/C11H23N3/c1-9-8-13(2)5-6-14(9)11(7-12)10-3-4-10/h9-11H,3-8,12H2,1-2H3. The first kappa shape index (κ1) is 10.4. The predicted octanol–water partition coefficient (Wildman–Crippen LogP) is 0.360. The van der Waals surface area contributed by atoms with Crippen molar-refractivity contribution in [3.05, 3.63) is 0 Å². The van der Waals surface area contributed by atoms with Crippen LogP contribution in [0.15, 0.2) is 0 Å². The summed E-state index contributed by atoms with van der Waals surface area (Å²) in [6.45, 7) is 6.78. The van der Waals surface area contributed by atoms with Gasteiger partial charge in [0.05, 0.1) is 0 Å². The molecule has 1 heterocycles. The van der Waals surface area contributed by atoms with Crippen LogP contribution in [-0.4, -0.2) is 55.1 Å². The lowest BCUT2D eigenvalue weighted by atomic mass is 10.1. The van der Waals surface area contributed by atoms with E-state index in [9.17, 15) is 0 Å². The molecule has 0 aromatic rings. The Labute approximate surface area is 87.2 Å². The highest BCUT2D eigenvalue weighted by atomic mass is 15.3. The second-order valence-corrected chi connectivity index (χ2v) is 4.99. The molecular formula is C11H23N3. The van der Waals surface area contributed by atoms with Gasteiger partial charge in [0.1, 0.15) is 0 Å². The van der Waals surface area contributed by atoms with E-state index in [0.717, 1.165) is 12.5 Å². The van der Waals surface area contributed by atoms with E-state index in [-0.39, 0.29) is 0 Å². The Morgan fingerprint density at radius 2 is 2.07 bits per heavy atom. The van der Waals surface area contributed by atoms with Crippen LogP contribution >= 0.6 is 0 Å². The van der Waals surface area contributed by atoms with Gasteiger partial charge >= 0.3 is 0 Å². The van der Waals surface area contributed by atoms with Gasteiger partial charge in [-0.3, -0.25) is 4.90 Å². The number of likely N-dealkylation sites (N-methyl/N-ethyl adjacent to an activating group) is 1. The number of piperazine rings is 1. The van der Waals surface area contributed by atoms with Gasteiger partial charge in [-0.1, -0.05) is 0 Å². The minimum Gasteiger partial charge on any atom is -0.329 e. The second kappa shape index (κ2) is 4.17. The summed E-state index contributed by atoms with van der Waals surface area (Å²) >= 11 is 0. The monoisotopic (exact) mass is 197 g/mol. The van der Waals surface area contributed by atoms with Crippen LogP contribution in [0.5, 0.6) is 0 Å². The van der Waals surface area contributed by atoms with Gasteiger partial charge in [-0.05, 0) is 32.7 Å². The van der Waals surface area contributed by atoms with Crippen LogP contribution in [0.2, 0.25) is 0 Å². The molecule has 2 rings (SSSR count). The van der Waals surface area contributed by atoms with Gasteiger partial charge in [-0.25, -0.2) is 0 Å². The molecule has 14 heavy (non-hydrogen) atoms. The summed E-state index contributed by atoms with van der Waals surface area (Å²) < 4.78 is 0. The maximum atomic E-state index is 5.89. The smallest absolute Gasteiger partial charge is 0.0250 e. The van der Waals surface area contributed by atoms with Gasteiger partial charge in [-0.2, -0.15) is 0 Å². The van der Waals surface area contributed by atoms with Crippen LogP contribution in [0.1, 0.15) is 19.8 Å². The molecule has 0 aromatic carbocycles. The third kappa shape index (κ3) is 2.10. The first-order valence-electron chi connectivity index (χ1n) is 5.86. The van der Waals surface area contributed by atoms with Crippen molar-refractivity contribution in [2.24, 2.45) is 11.7 Å². The van der Waals surface area contributed by atoms with E-state index in [1.54, 1.807) is 0 Å².